The second kappa shape index (κ2) is 29.9. The maximum Gasteiger partial charge on any atom is -0.0392 e. The Hall–Kier alpha value is -5.46. The van der Waals surface area contributed by atoms with Gasteiger partial charge < -0.3 is 0 Å². The van der Waals surface area contributed by atoms with E-state index < -0.39 is 0 Å². The maximum atomic E-state index is 2.26. The molecule has 7 rings (SSSR count). The van der Waals surface area contributed by atoms with Crippen molar-refractivity contribution in [2.75, 3.05) is 0 Å². The molecule has 76 heavy (non-hydrogen) atoms. The van der Waals surface area contributed by atoms with Crippen LogP contribution >= 0.6 is 0 Å². The van der Waals surface area contributed by atoms with Gasteiger partial charge in [0.2, 0.25) is 0 Å². The van der Waals surface area contributed by atoms with E-state index in [0.717, 1.165) is 0 Å². The van der Waals surface area contributed by atoms with Crippen LogP contribution in [0.3, 0.4) is 0 Å². The van der Waals surface area contributed by atoms with Crippen molar-refractivity contribution in [2.45, 2.75) is 235 Å². The standard InChI is InChI=1S/2C12H18.2C11H16.3C10H14/c2*1-7-8(2)10(4)12(6)11(5)9(7)3;2*1-7-6-8(2)10(4)11(5)9(7)3;1-7-5-9(3)10(4)6-8(7)2;1-7-5-8(2)10(4)9(3)6-7;1-7-5-6-8(2)10(4)9(7)3/h2*1-6H3;2*6H,1-5H3;3*5-6H,1-4H3. The van der Waals surface area contributed by atoms with E-state index in [2.05, 4.69) is 284 Å². The molecular weight excluding hydrogens is 913 g/mol. The summed E-state index contributed by atoms with van der Waals surface area (Å²) in [5.41, 5.74) is 48.5. The molecule has 0 heterocycles. The second-order valence-electron chi connectivity index (χ2n) is 23.3. The molecule has 0 aliphatic rings. The van der Waals surface area contributed by atoms with Crippen LogP contribution in [0.25, 0.3) is 0 Å². The third-order valence-corrected chi connectivity index (χ3v) is 18.7. The first kappa shape index (κ1) is 68.6. The van der Waals surface area contributed by atoms with Gasteiger partial charge >= 0.3 is 0 Å². The van der Waals surface area contributed by atoms with E-state index >= 15 is 0 Å². The van der Waals surface area contributed by atoms with Gasteiger partial charge in [0.05, 0.1) is 0 Å². The van der Waals surface area contributed by atoms with Crippen LogP contribution in [0.5, 0.6) is 0 Å². The van der Waals surface area contributed by atoms with E-state index in [1.807, 2.05) is 0 Å². The molecule has 0 atom stereocenters. The molecule has 0 aliphatic carbocycles. The SMILES string of the molecule is Cc1c(C)c(C)c(C)c(C)c1C.Cc1c(C)c(C)c(C)c(C)c1C.Cc1cc(C)c(C)c(C)c1.Cc1cc(C)c(C)c(C)c1C.Cc1cc(C)c(C)c(C)c1C.Cc1cc(C)c(C)cc1C.Cc1ccc(C)c(C)c1C. The zero-order valence-corrected chi connectivity index (χ0v) is 55.6. The van der Waals surface area contributed by atoms with Crippen molar-refractivity contribution in [1.82, 2.24) is 0 Å². The minimum Gasteiger partial charge on any atom is -0.0588 e. The van der Waals surface area contributed by atoms with Crippen LogP contribution < -0.4 is 0 Å². The Bertz CT molecular complexity index is 2640. The lowest BCUT2D eigenvalue weighted by Crippen LogP contribution is -1.98. The van der Waals surface area contributed by atoms with Crippen LogP contribution in [0, 0.1) is 235 Å². The lowest BCUT2D eigenvalue weighted by Gasteiger charge is -2.15. The number of rotatable bonds is 0. The molecule has 0 unspecified atom stereocenters. The van der Waals surface area contributed by atoms with Gasteiger partial charge in [0.25, 0.3) is 0 Å². The number of aryl methyl sites for hydroxylation is 13. The van der Waals surface area contributed by atoms with Crippen LogP contribution in [0.2, 0.25) is 0 Å². The number of benzene rings is 7. The molecule has 7 aromatic carbocycles. The van der Waals surface area contributed by atoms with E-state index in [1.54, 1.807) is 0 Å². The highest BCUT2D eigenvalue weighted by Crippen LogP contribution is 2.27. The second-order valence-corrected chi connectivity index (χ2v) is 23.3. The fraction of sp³-hybridized carbons (Fsp3) is 0.447. The molecule has 0 saturated heterocycles. The van der Waals surface area contributed by atoms with Gasteiger partial charge in [-0.1, -0.05) is 54.1 Å². The molecule has 0 spiro atoms. The first-order valence-electron chi connectivity index (χ1n) is 28.1. The van der Waals surface area contributed by atoms with E-state index in [0.29, 0.717) is 0 Å². The molecule has 0 saturated carbocycles. The Kier molecular flexibility index (Phi) is 27.0. The van der Waals surface area contributed by atoms with Crippen molar-refractivity contribution in [3.8, 4) is 0 Å². The summed E-state index contributed by atoms with van der Waals surface area (Å²) in [5, 5.41) is 0. The van der Waals surface area contributed by atoms with Gasteiger partial charge in [0.15, 0.2) is 0 Å². The third-order valence-electron chi connectivity index (χ3n) is 18.7. The molecule has 0 aromatic heterocycles. The van der Waals surface area contributed by atoms with Crippen LogP contribution in [-0.4, -0.2) is 0 Å². The largest absolute Gasteiger partial charge is 0.0588 e. The molecule has 0 bridgehead atoms. The molecule has 7 aromatic rings. The highest BCUT2D eigenvalue weighted by molar-refractivity contribution is 5.50. The summed E-state index contributed by atoms with van der Waals surface area (Å²) in [5.74, 6) is 0. The lowest BCUT2D eigenvalue weighted by molar-refractivity contribution is 1.13. The summed E-state index contributed by atoms with van der Waals surface area (Å²) >= 11 is 0. The van der Waals surface area contributed by atoms with Crippen molar-refractivity contribution < 1.29 is 0 Å². The Morgan fingerprint density at radius 1 is 0.118 bits per heavy atom. The van der Waals surface area contributed by atoms with Gasteiger partial charge in [-0.3, -0.25) is 0 Å². The summed E-state index contributed by atoms with van der Waals surface area (Å²) in [6.45, 7) is 74.3. The van der Waals surface area contributed by atoms with E-state index in [1.165, 1.54) is 189 Å². The van der Waals surface area contributed by atoms with Crippen molar-refractivity contribution in [3.05, 3.63) is 238 Å². The van der Waals surface area contributed by atoms with E-state index in [-0.39, 0.29) is 0 Å². The van der Waals surface area contributed by atoms with Crippen LogP contribution in [0.1, 0.15) is 189 Å². The molecule has 414 valence electrons. The van der Waals surface area contributed by atoms with Crippen molar-refractivity contribution in [2.24, 2.45) is 0 Å². The van der Waals surface area contributed by atoms with Crippen LogP contribution in [0.15, 0.2) is 48.5 Å². The average Bonchev–Trinajstić information content (AvgIpc) is 3.37. The summed E-state index contributed by atoms with van der Waals surface area (Å²) in [4.78, 5) is 0. The Morgan fingerprint density at radius 2 is 0.250 bits per heavy atom. The molecule has 0 radical (unpaired) electrons. The topological polar surface area (TPSA) is 0 Å². The molecule has 0 N–H and O–H groups in total. The predicted molar refractivity (Wildman–Crippen MR) is 346 cm³/mol. The normalized spacial score (nSPS) is 10.2. The van der Waals surface area contributed by atoms with Crippen molar-refractivity contribution in [3.63, 3.8) is 0 Å². The van der Waals surface area contributed by atoms with Crippen molar-refractivity contribution in [1.29, 1.82) is 0 Å². The third kappa shape index (κ3) is 18.1. The Labute approximate surface area is 470 Å². The first-order chi connectivity index (χ1) is 34.8. The Morgan fingerprint density at radius 3 is 0.434 bits per heavy atom. The van der Waals surface area contributed by atoms with Gasteiger partial charge in [-0.25, -0.2) is 0 Å². The van der Waals surface area contributed by atoms with Gasteiger partial charge in [0.1, 0.15) is 0 Å². The van der Waals surface area contributed by atoms with E-state index in [9.17, 15) is 0 Å². The number of hydrogen-bond acceptors (Lipinski definition) is 0. The van der Waals surface area contributed by atoms with Crippen molar-refractivity contribution >= 4 is 0 Å². The zero-order chi connectivity index (χ0) is 59.3. The fourth-order valence-electron chi connectivity index (χ4n) is 9.65. The summed E-state index contributed by atoms with van der Waals surface area (Å²) in [7, 11) is 0. The van der Waals surface area contributed by atoms with Gasteiger partial charge in [-0.05, 0) is 419 Å². The van der Waals surface area contributed by atoms with Gasteiger partial charge in [-0.15, -0.1) is 0 Å². The highest BCUT2D eigenvalue weighted by atomic mass is 14.2. The molecule has 0 heteroatoms. The summed E-state index contributed by atoms with van der Waals surface area (Å²) in [6, 6.07) is 17.8. The first-order valence-corrected chi connectivity index (χ1v) is 28.1. The maximum absolute atomic E-state index is 2.26. The lowest BCUT2D eigenvalue weighted by atomic mass is 9.90. The Balaban J connectivity index is 0.000000444. The quantitative estimate of drug-likeness (QED) is 0.142. The monoisotopic (exact) mass is 1020 g/mol. The van der Waals surface area contributed by atoms with Crippen LogP contribution in [-0.2, 0) is 0 Å². The smallest absolute Gasteiger partial charge is 0.0392 e. The number of hydrogen-bond donors (Lipinski definition) is 0. The van der Waals surface area contributed by atoms with Gasteiger partial charge in [0, 0.05) is 0 Å². The van der Waals surface area contributed by atoms with Crippen LogP contribution in [0.4, 0.5) is 0 Å². The molecule has 0 fully saturated rings. The predicted octanol–water partition coefficient (Wildman–Crippen LogP) is 22.3. The fourth-order valence-corrected chi connectivity index (χ4v) is 9.65. The zero-order valence-electron chi connectivity index (χ0n) is 55.6. The minimum absolute atomic E-state index is 1.36. The summed E-state index contributed by atoms with van der Waals surface area (Å²) < 4.78 is 0. The van der Waals surface area contributed by atoms with Gasteiger partial charge in [-0.2, -0.15) is 0 Å². The summed E-state index contributed by atoms with van der Waals surface area (Å²) in [6.07, 6.45) is 0. The highest BCUT2D eigenvalue weighted by Gasteiger charge is 2.10. The molecule has 0 amide bonds. The average molecular weight is 1020 g/mol. The molecule has 0 nitrogen and oxygen atoms in total. The molecule has 0 aliphatic heterocycles. The molecular formula is C76H110. The minimum atomic E-state index is 1.36. The van der Waals surface area contributed by atoms with E-state index in [4.69, 9.17) is 0 Å².